The second-order valence-corrected chi connectivity index (χ2v) is 60.6. The number of hydrogen-bond donors (Lipinski definition) is 0. The van der Waals surface area contributed by atoms with E-state index in [9.17, 15) is 0 Å². The van der Waals surface area contributed by atoms with E-state index in [0.29, 0.717) is 11.8 Å². The molecule has 4 heteroatoms. The molecule has 2 aliphatic rings. The maximum absolute atomic E-state index is 8.96. The van der Waals surface area contributed by atoms with Gasteiger partial charge in [0.2, 0.25) is 0 Å². The summed E-state index contributed by atoms with van der Waals surface area (Å²) >= 11 is -5.06. The van der Waals surface area contributed by atoms with Gasteiger partial charge in [-0.3, -0.25) is 0 Å². The van der Waals surface area contributed by atoms with Gasteiger partial charge in [-0.1, -0.05) is 0 Å². The second-order valence-electron chi connectivity index (χ2n) is 18.1. The van der Waals surface area contributed by atoms with E-state index in [1.165, 1.54) is 66.8 Å². The molecule has 0 spiro atoms. The molecule has 6 rings (SSSR count). The first-order valence-corrected chi connectivity index (χ1v) is 35.1. The van der Waals surface area contributed by atoms with E-state index in [1.54, 1.807) is 0 Å². The summed E-state index contributed by atoms with van der Waals surface area (Å²) in [6.45, 7) is 28.5. The van der Waals surface area contributed by atoms with Gasteiger partial charge in [0.25, 0.3) is 0 Å². The Hall–Kier alpha value is -1.96. The van der Waals surface area contributed by atoms with Gasteiger partial charge in [-0.15, -0.1) is 0 Å². The average Bonchev–Trinajstić information content (AvgIpc) is 3.66. The SMILES string of the molecule is CC(C)c1ccc2c(c1-c1ccccc1)C=C(C(C)(C)C)[CH]2[Zr]([Cl])([Cl])([CH]1C(C(C)(C)C)=Cc2c1ccc(C(C)C)c2-c1ccccc1)[SiH](C)C. The van der Waals surface area contributed by atoms with Gasteiger partial charge in [0.15, 0.2) is 0 Å². The molecule has 0 N–H and O–H groups in total. The quantitative estimate of drug-likeness (QED) is 0.163. The molecule has 2 atom stereocenters. The van der Waals surface area contributed by atoms with Crippen LogP contribution >= 0.6 is 17.0 Å². The maximum atomic E-state index is 8.96. The number of halogens is 2. The Labute approximate surface area is 312 Å². The summed E-state index contributed by atoms with van der Waals surface area (Å²) in [5.41, 5.74) is 16.0. The Morgan fingerprint density at radius 3 is 1.16 bits per heavy atom. The topological polar surface area (TPSA) is 0 Å². The Balaban J connectivity index is 1.72. The molecule has 2 unspecified atom stereocenters. The van der Waals surface area contributed by atoms with Crippen molar-refractivity contribution in [3.05, 3.63) is 129 Å². The van der Waals surface area contributed by atoms with Gasteiger partial charge < -0.3 is 0 Å². The Morgan fingerprint density at radius 1 is 0.540 bits per heavy atom. The molecule has 50 heavy (non-hydrogen) atoms. The molecule has 0 fully saturated rings. The van der Waals surface area contributed by atoms with E-state index >= 15 is 0 Å². The van der Waals surface area contributed by atoms with E-state index in [1.807, 2.05) is 0 Å². The standard InChI is InChI=1S/2C22H25.C2H7Si.2ClH.Zr/c2*1-15(2)19-12-11-17-13-18(22(3,4)5)14-20(17)21(19)16-9-7-6-8-10-16;1-3-2;;;/h2*6-15H,1-5H3;3H,1-2H3;2*1H;/q;;;;;+2/p-2. The predicted octanol–water partition coefficient (Wildman–Crippen LogP) is 14.9. The summed E-state index contributed by atoms with van der Waals surface area (Å²) in [4.78, 5) is 0. The number of benzene rings is 4. The normalized spacial score (nSPS) is 18.6. The van der Waals surface area contributed by atoms with Crippen molar-refractivity contribution in [2.75, 3.05) is 0 Å². The minimum absolute atomic E-state index is 0.0248. The van der Waals surface area contributed by atoms with Crippen molar-refractivity contribution in [3.63, 3.8) is 0 Å². The van der Waals surface area contributed by atoms with E-state index in [2.05, 4.69) is 179 Å². The van der Waals surface area contributed by atoms with Crippen LogP contribution in [0, 0.1) is 10.8 Å². The molecule has 0 bridgehead atoms. The fourth-order valence-corrected chi connectivity index (χ4v) is 40.5. The summed E-state index contributed by atoms with van der Waals surface area (Å²) in [5, 5.41) is 0. The van der Waals surface area contributed by atoms with Crippen LogP contribution in [0.25, 0.3) is 34.4 Å². The minimum atomic E-state index is -5.06. The van der Waals surface area contributed by atoms with Crippen molar-refractivity contribution in [2.45, 2.75) is 101 Å². The molecule has 0 nitrogen and oxygen atoms in total. The summed E-state index contributed by atoms with van der Waals surface area (Å²) in [5.74, 6) is -0.969. The van der Waals surface area contributed by atoms with Crippen LogP contribution in [-0.4, -0.2) is 5.92 Å². The van der Waals surface area contributed by atoms with Gasteiger partial charge in [-0.25, -0.2) is 0 Å². The van der Waals surface area contributed by atoms with E-state index in [4.69, 9.17) is 17.0 Å². The van der Waals surface area contributed by atoms with E-state index < -0.39 is 21.5 Å². The van der Waals surface area contributed by atoms with Crippen LogP contribution in [0.5, 0.6) is 0 Å². The van der Waals surface area contributed by atoms with Crippen LogP contribution in [0.2, 0.25) is 13.1 Å². The van der Waals surface area contributed by atoms with E-state index in [-0.39, 0.29) is 18.1 Å². The van der Waals surface area contributed by atoms with Crippen molar-refractivity contribution < 1.29 is 15.6 Å². The molecule has 263 valence electrons. The Kier molecular flexibility index (Phi) is 9.95. The Bertz CT molecular complexity index is 1850. The van der Waals surface area contributed by atoms with Gasteiger partial charge in [0.1, 0.15) is 0 Å². The van der Waals surface area contributed by atoms with Crippen LogP contribution < -0.4 is 0 Å². The zero-order valence-corrected chi connectivity index (χ0v) is 37.5. The average molecular weight is 800 g/mol. The summed E-state index contributed by atoms with van der Waals surface area (Å²) in [7, 11) is 17.9. The van der Waals surface area contributed by atoms with Crippen LogP contribution in [0.1, 0.15) is 122 Å². The van der Waals surface area contributed by atoms with Gasteiger partial charge in [0.05, 0.1) is 0 Å². The van der Waals surface area contributed by atoms with Crippen molar-refractivity contribution in [3.8, 4) is 22.3 Å². The van der Waals surface area contributed by atoms with Crippen molar-refractivity contribution >= 4 is 35.1 Å². The second kappa shape index (κ2) is 13.2. The fraction of sp³-hybridized carbons (Fsp3) is 0.391. The molecule has 0 radical (unpaired) electrons. The molecule has 2 aliphatic carbocycles. The van der Waals surface area contributed by atoms with Crippen LogP contribution in [-0.2, 0) is 15.6 Å². The molecule has 0 saturated carbocycles. The number of fused-ring (bicyclic) bond motifs is 2. The third-order valence-electron chi connectivity index (χ3n) is 11.8. The summed E-state index contributed by atoms with van der Waals surface area (Å²) < 4.78 is 0.0496. The van der Waals surface area contributed by atoms with Crippen molar-refractivity contribution in [1.29, 1.82) is 0 Å². The third-order valence-corrected chi connectivity index (χ3v) is 63.3. The fourth-order valence-electron chi connectivity index (χ4n) is 9.07. The molecule has 0 aliphatic heterocycles. The van der Waals surface area contributed by atoms with Crippen LogP contribution in [0.15, 0.2) is 96.1 Å². The summed E-state index contributed by atoms with van der Waals surface area (Å²) in [6, 6.07) is 31.7. The van der Waals surface area contributed by atoms with Gasteiger partial charge in [-0.2, -0.15) is 0 Å². The van der Waals surface area contributed by atoms with Crippen molar-refractivity contribution in [1.82, 2.24) is 0 Å². The molecule has 0 aromatic heterocycles. The van der Waals surface area contributed by atoms with Crippen LogP contribution in [0.3, 0.4) is 0 Å². The zero-order chi connectivity index (χ0) is 36.6. The zero-order valence-electron chi connectivity index (χ0n) is 32.4. The monoisotopic (exact) mass is 797 g/mol. The molecular formula is C46H57Cl2SiZr. The molecule has 4 aromatic rings. The van der Waals surface area contributed by atoms with E-state index in [0.717, 1.165) is 0 Å². The molecular weight excluding hydrogens is 743 g/mol. The first kappa shape index (κ1) is 37.8. The van der Waals surface area contributed by atoms with Gasteiger partial charge >= 0.3 is 315 Å². The number of hydrogen-bond acceptors (Lipinski definition) is 0. The third kappa shape index (κ3) is 6.07. The molecule has 0 saturated heterocycles. The number of allylic oxidation sites excluding steroid dienone is 2. The Morgan fingerprint density at radius 2 is 0.880 bits per heavy atom. The number of rotatable bonds is 7. The first-order valence-electron chi connectivity index (χ1n) is 18.7. The first-order chi connectivity index (χ1) is 23.3. The molecule has 0 amide bonds. The van der Waals surface area contributed by atoms with Crippen molar-refractivity contribution in [2.24, 2.45) is 10.8 Å². The predicted molar refractivity (Wildman–Crippen MR) is 223 cm³/mol. The summed E-state index contributed by atoms with van der Waals surface area (Å²) in [6.07, 6.45) is 5.08. The van der Waals surface area contributed by atoms with Gasteiger partial charge in [0, 0.05) is 0 Å². The molecule has 4 aromatic carbocycles. The molecule has 0 heterocycles. The van der Waals surface area contributed by atoms with Gasteiger partial charge in [-0.05, 0) is 0 Å². The van der Waals surface area contributed by atoms with Crippen LogP contribution in [0.4, 0.5) is 0 Å².